The van der Waals surface area contributed by atoms with Gasteiger partial charge in [-0.15, -0.1) is 13.2 Å². The van der Waals surface area contributed by atoms with E-state index in [0.29, 0.717) is 38.2 Å². The normalized spacial score (nSPS) is 17.6. The van der Waals surface area contributed by atoms with Gasteiger partial charge in [0.2, 0.25) is 0 Å². The fourth-order valence-electron chi connectivity index (χ4n) is 4.00. The average molecular weight is 462 g/mol. The van der Waals surface area contributed by atoms with Crippen LogP contribution in [0, 0.1) is 0 Å². The molecule has 33 heavy (non-hydrogen) atoms. The van der Waals surface area contributed by atoms with E-state index < -0.39 is 18.1 Å². The molecule has 0 aliphatic carbocycles. The van der Waals surface area contributed by atoms with E-state index in [-0.39, 0.29) is 12.4 Å². The maximum Gasteiger partial charge on any atom is 0.573 e. The maximum atomic E-state index is 12.2. The Labute approximate surface area is 189 Å². The van der Waals surface area contributed by atoms with Crippen LogP contribution in [0.2, 0.25) is 0 Å². The molecule has 1 saturated heterocycles. The summed E-state index contributed by atoms with van der Waals surface area (Å²) in [6.45, 7) is 1.56. The molecule has 6 nitrogen and oxygen atoms in total. The highest BCUT2D eigenvalue weighted by atomic mass is 19.4. The fourth-order valence-corrected chi connectivity index (χ4v) is 4.00. The lowest BCUT2D eigenvalue weighted by molar-refractivity contribution is -0.274. The van der Waals surface area contributed by atoms with E-state index in [9.17, 15) is 23.4 Å². The summed E-state index contributed by atoms with van der Waals surface area (Å²) in [7, 11) is 0. The molecule has 176 valence electrons. The average Bonchev–Trinajstić information content (AvgIpc) is 2.79. The number of benzene rings is 2. The van der Waals surface area contributed by atoms with Crippen LogP contribution in [0.5, 0.6) is 11.5 Å². The molecule has 0 saturated carbocycles. The lowest BCUT2D eigenvalue weighted by Crippen LogP contribution is -2.46. The summed E-state index contributed by atoms with van der Waals surface area (Å²) in [6.07, 6.45) is -2.78. The molecular formula is C24H25F3N2O4. The van der Waals surface area contributed by atoms with E-state index in [1.165, 1.54) is 12.1 Å². The van der Waals surface area contributed by atoms with Gasteiger partial charge in [0.15, 0.2) is 0 Å². The van der Waals surface area contributed by atoms with E-state index in [0.717, 1.165) is 28.6 Å². The van der Waals surface area contributed by atoms with Crippen molar-refractivity contribution in [3.63, 3.8) is 0 Å². The fraction of sp³-hybridized carbons (Fsp3) is 0.375. The van der Waals surface area contributed by atoms with Crippen LogP contribution in [0.25, 0.3) is 10.9 Å². The summed E-state index contributed by atoms with van der Waals surface area (Å²) in [5.74, 6) is -0.00165. The van der Waals surface area contributed by atoms with Crippen LogP contribution >= 0.6 is 0 Å². The molecule has 3 aromatic rings. The van der Waals surface area contributed by atoms with Gasteiger partial charge in [-0.2, -0.15) is 0 Å². The number of aromatic nitrogens is 1. The number of hydrogen-bond acceptors (Lipinski definition) is 6. The van der Waals surface area contributed by atoms with Gasteiger partial charge in [-0.1, -0.05) is 18.2 Å². The van der Waals surface area contributed by atoms with Crippen LogP contribution in [-0.2, 0) is 5.60 Å². The molecule has 2 heterocycles. The Morgan fingerprint density at radius 2 is 1.70 bits per heavy atom. The molecule has 0 bridgehead atoms. The van der Waals surface area contributed by atoms with Crippen molar-refractivity contribution in [3.05, 3.63) is 66.4 Å². The minimum atomic E-state index is -4.75. The summed E-state index contributed by atoms with van der Waals surface area (Å²) in [4.78, 5) is 6.50. The molecule has 0 amide bonds. The third-order valence-electron chi connectivity index (χ3n) is 5.78. The number of ether oxygens (including phenoxy) is 2. The summed E-state index contributed by atoms with van der Waals surface area (Å²) >= 11 is 0. The molecule has 4 rings (SSSR count). The maximum absolute atomic E-state index is 12.2. The first-order chi connectivity index (χ1) is 15.7. The van der Waals surface area contributed by atoms with Gasteiger partial charge in [-0.25, -0.2) is 0 Å². The van der Waals surface area contributed by atoms with Crippen LogP contribution < -0.4 is 9.47 Å². The van der Waals surface area contributed by atoms with Crippen LogP contribution in [-0.4, -0.2) is 58.8 Å². The number of hydrogen-bond donors (Lipinski definition) is 2. The minimum absolute atomic E-state index is 0.00512. The summed E-state index contributed by atoms with van der Waals surface area (Å²) in [6, 6.07) is 14.8. The number of piperidine rings is 1. The van der Waals surface area contributed by atoms with Gasteiger partial charge in [0, 0.05) is 36.8 Å². The SMILES string of the molecule is O[C@H](COc1ccc(OC(F)(F)F)cc1)CN1CCC(O)(c2cnc3ccccc3c2)CC1. The van der Waals surface area contributed by atoms with Crippen molar-refractivity contribution in [3.8, 4) is 11.5 Å². The van der Waals surface area contributed by atoms with Gasteiger partial charge in [0.05, 0.1) is 11.1 Å². The van der Waals surface area contributed by atoms with Gasteiger partial charge >= 0.3 is 6.36 Å². The Morgan fingerprint density at radius 1 is 1.03 bits per heavy atom. The van der Waals surface area contributed by atoms with E-state index in [4.69, 9.17) is 4.74 Å². The molecule has 1 fully saturated rings. The zero-order valence-electron chi connectivity index (χ0n) is 17.8. The molecule has 2 aromatic carbocycles. The molecule has 9 heteroatoms. The number of nitrogens with zero attached hydrogens (tertiary/aromatic N) is 2. The van der Waals surface area contributed by atoms with Crippen molar-refractivity contribution in [2.75, 3.05) is 26.2 Å². The highest BCUT2D eigenvalue weighted by Crippen LogP contribution is 2.33. The van der Waals surface area contributed by atoms with E-state index in [1.807, 2.05) is 30.3 Å². The van der Waals surface area contributed by atoms with Crippen molar-refractivity contribution >= 4 is 10.9 Å². The molecule has 1 aliphatic heterocycles. The molecule has 0 unspecified atom stereocenters. The quantitative estimate of drug-likeness (QED) is 0.556. The first-order valence-electron chi connectivity index (χ1n) is 10.7. The second-order valence-electron chi connectivity index (χ2n) is 8.23. The van der Waals surface area contributed by atoms with Crippen LogP contribution in [0.4, 0.5) is 13.2 Å². The van der Waals surface area contributed by atoms with Gasteiger partial charge in [0.1, 0.15) is 24.2 Å². The standard InChI is InChI=1S/C24H25F3N2O4/c25-24(26,27)33-21-7-5-20(6-8-21)32-16-19(30)15-29-11-9-23(31,10-12-29)18-13-17-3-1-2-4-22(17)28-14-18/h1-8,13-14,19,30-31H,9-12,15-16H2/t19-/m0/s1. The number of pyridine rings is 1. The third kappa shape index (κ3) is 6.13. The van der Waals surface area contributed by atoms with Gasteiger partial charge in [-0.05, 0) is 49.2 Å². The monoisotopic (exact) mass is 462 g/mol. The van der Waals surface area contributed by atoms with Crippen molar-refractivity contribution in [2.24, 2.45) is 0 Å². The van der Waals surface area contributed by atoms with Crippen molar-refractivity contribution in [1.29, 1.82) is 0 Å². The largest absolute Gasteiger partial charge is 0.573 e. The van der Waals surface area contributed by atoms with E-state index in [1.54, 1.807) is 6.20 Å². The predicted molar refractivity (Wildman–Crippen MR) is 116 cm³/mol. The molecule has 1 aliphatic rings. The molecular weight excluding hydrogens is 437 g/mol. The third-order valence-corrected chi connectivity index (χ3v) is 5.78. The van der Waals surface area contributed by atoms with Crippen LogP contribution in [0.1, 0.15) is 18.4 Å². The van der Waals surface area contributed by atoms with E-state index in [2.05, 4.69) is 14.6 Å². The summed E-state index contributed by atoms with van der Waals surface area (Å²) in [5.41, 5.74) is 0.713. The number of aliphatic hydroxyl groups excluding tert-OH is 1. The second kappa shape index (κ2) is 9.54. The number of likely N-dealkylation sites (tertiary alicyclic amines) is 1. The van der Waals surface area contributed by atoms with Crippen molar-refractivity contribution < 1.29 is 32.9 Å². The first-order valence-corrected chi connectivity index (χ1v) is 10.7. The Morgan fingerprint density at radius 3 is 2.39 bits per heavy atom. The number of halogens is 3. The smallest absolute Gasteiger partial charge is 0.491 e. The minimum Gasteiger partial charge on any atom is -0.491 e. The summed E-state index contributed by atoms with van der Waals surface area (Å²) in [5, 5.41) is 22.5. The number of para-hydroxylation sites is 1. The number of alkyl halides is 3. The Hall–Kier alpha value is -2.88. The van der Waals surface area contributed by atoms with Crippen LogP contribution in [0.3, 0.4) is 0 Å². The number of β-amino-alcohol motifs (C(OH)–C–C–N with tert-alkyl or cyclic N) is 1. The van der Waals surface area contributed by atoms with Gasteiger partial charge in [-0.3, -0.25) is 4.98 Å². The number of rotatable bonds is 7. The Kier molecular flexibility index (Phi) is 6.73. The molecule has 0 radical (unpaired) electrons. The molecule has 2 N–H and O–H groups in total. The molecule has 0 spiro atoms. The number of fused-ring (bicyclic) bond motifs is 1. The zero-order valence-corrected chi connectivity index (χ0v) is 17.8. The topological polar surface area (TPSA) is 75.0 Å². The summed E-state index contributed by atoms with van der Waals surface area (Å²) < 4.78 is 45.9. The highest BCUT2D eigenvalue weighted by molar-refractivity contribution is 5.78. The van der Waals surface area contributed by atoms with E-state index >= 15 is 0 Å². The number of aliphatic hydroxyl groups is 2. The molecule has 1 aromatic heterocycles. The lowest BCUT2D eigenvalue weighted by atomic mass is 9.84. The van der Waals surface area contributed by atoms with Crippen LogP contribution in [0.15, 0.2) is 60.8 Å². The van der Waals surface area contributed by atoms with Crippen molar-refractivity contribution in [1.82, 2.24) is 9.88 Å². The predicted octanol–water partition coefficient (Wildman–Crippen LogP) is 3.86. The van der Waals surface area contributed by atoms with Crippen molar-refractivity contribution in [2.45, 2.75) is 30.9 Å². The first kappa shape index (κ1) is 23.3. The van der Waals surface area contributed by atoms with Gasteiger partial charge < -0.3 is 24.6 Å². The zero-order chi connectivity index (χ0) is 23.5. The lowest BCUT2D eigenvalue weighted by Gasteiger charge is -2.39. The second-order valence-corrected chi connectivity index (χ2v) is 8.23. The Balaban J connectivity index is 1.25. The highest BCUT2D eigenvalue weighted by Gasteiger charge is 2.35. The Bertz CT molecular complexity index is 1070. The van der Waals surface area contributed by atoms with Gasteiger partial charge in [0.25, 0.3) is 0 Å². The molecule has 1 atom stereocenters.